The summed E-state index contributed by atoms with van der Waals surface area (Å²) in [5.41, 5.74) is 3.05. The van der Waals surface area contributed by atoms with Crippen molar-refractivity contribution in [2.75, 3.05) is 0 Å². The van der Waals surface area contributed by atoms with Gasteiger partial charge in [-0.25, -0.2) is 0 Å². The van der Waals surface area contributed by atoms with Gasteiger partial charge in [0.1, 0.15) is 23.2 Å². The van der Waals surface area contributed by atoms with E-state index in [1.807, 2.05) is 27.7 Å². The Bertz CT molecular complexity index is 692. The molecule has 0 amide bonds. The summed E-state index contributed by atoms with van der Waals surface area (Å²) >= 11 is 0. The van der Waals surface area contributed by atoms with Crippen molar-refractivity contribution < 1.29 is 23.8 Å². The van der Waals surface area contributed by atoms with Crippen molar-refractivity contribution >= 4 is 11.9 Å². The standard InChI is InChI=1S/C19H25O5/c1-10-11(2)18-16(12(3)17(10)23-15(6)21)8-9-19(7,24-18)13(4)22-14(5)20/h13H,4,8-9H2,1-3,5-7H3. The second kappa shape index (κ2) is 6.46. The number of benzene rings is 1. The fraction of sp³-hybridized carbons (Fsp3) is 0.526. The Morgan fingerprint density at radius 2 is 1.75 bits per heavy atom. The van der Waals surface area contributed by atoms with Crippen LogP contribution in [0.4, 0.5) is 0 Å². The number of fused-ring (bicyclic) bond motifs is 1. The molecule has 1 aromatic carbocycles. The molecule has 2 unspecified atom stereocenters. The van der Waals surface area contributed by atoms with Gasteiger partial charge in [-0.3, -0.25) is 9.59 Å². The Morgan fingerprint density at radius 3 is 2.29 bits per heavy atom. The number of carbonyl (C=O) groups is 2. The highest BCUT2D eigenvalue weighted by atomic mass is 16.6. The predicted molar refractivity (Wildman–Crippen MR) is 90.2 cm³/mol. The van der Waals surface area contributed by atoms with E-state index in [0.29, 0.717) is 12.2 Å². The van der Waals surface area contributed by atoms with Crippen LogP contribution in [0.1, 0.15) is 49.4 Å². The molecule has 0 aromatic heterocycles. The maximum absolute atomic E-state index is 11.4. The summed E-state index contributed by atoms with van der Waals surface area (Å²) in [6.45, 7) is 14.4. The van der Waals surface area contributed by atoms with Gasteiger partial charge in [0.2, 0.25) is 0 Å². The van der Waals surface area contributed by atoms with E-state index in [1.165, 1.54) is 13.8 Å². The van der Waals surface area contributed by atoms with Crippen molar-refractivity contribution in [3.63, 3.8) is 0 Å². The molecule has 0 aliphatic carbocycles. The van der Waals surface area contributed by atoms with E-state index in [4.69, 9.17) is 14.2 Å². The zero-order chi connectivity index (χ0) is 18.2. The zero-order valence-electron chi connectivity index (χ0n) is 15.2. The smallest absolute Gasteiger partial charge is 0.308 e. The van der Waals surface area contributed by atoms with Crippen LogP contribution in [0.3, 0.4) is 0 Å². The van der Waals surface area contributed by atoms with Crippen LogP contribution in [0.25, 0.3) is 0 Å². The van der Waals surface area contributed by atoms with Crippen molar-refractivity contribution in [1.29, 1.82) is 0 Å². The molecular formula is C19H25O5. The Labute approximate surface area is 143 Å². The largest absolute Gasteiger partial charge is 0.483 e. The Kier molecular flexibility index (Phi) is 4.92. The molecular weight excluding hydrogens is 308 g/mol. The van der Waals surface area contributed by atoms with E-state index in [9.17, 15) is 9.59 Å². The molecule has 5 nitrogen and oxygen atoms in total. The second-order valence-corrected chi connectivity index (χ2v) is 6.62. The third-order valence-corrected chi connectivity index (χ3v) is 4.75. The van der Waals surface area contributed by atoms with Crippen LogP contribution in [0, 0.1) is 27.7 Å². The molecule has 1 aliphatic rings. The number of hydrogen-bond acceptors (Lipinski definition) is 5. The topological polar surface area (TPSA) is 61.8 Å². The lowest BCUT2D eigenvalue weighted by Gasteiger charge is -2.41. The molecule has 0 saturated heterocycles. The van der Waals surface area contributed by atoms with E-state index in [-0.39, 0.29) is 11.9 Å². The Balaban J connectivity index is 2.46. The summed E-state index contributed by atoms with van der Waals surface area (Å²) in [4.78, 5) is 22.6. The average Bonchev–Trinajstić information content (AvgIpc) is 2.48. The van der Waals surface area contributed by atoms with Gasteiger partial charge in [0.25, 0.3) is 0 Å². The minimum Gasteiger partial charge on any atom is -0.483 e. The van der Waals surface area contributed by atoms with Crippen LogP contribution in [0.15, 0.2) is 0 Å². The molecule has 1 aromatic rings. The minimum atomic E-state index is -0.689. The number of carbonyl (C=O) groups excluding carboxylic acids is 2. The first-order valence-corrected chi connectivity index (χ1v) is 8.07. The lowest BCUT2D eigenvalue weighted by molar-refractivity contribution is -0.154. The predicted octanol–water partition coefficient (Wildman–Crippen LogP) is 3.39. The van der Waals surface area contributed by atoms with E-state index in [1.54, 1.807) is 0 Å². The molecule has 0 fully saturated rings. The van der Waals surface area contributed by atoms with Crippen molar-refractivity contribution in [1.82, 2.24) is 0 Å². The number of esters is 2. The molecule has 0 spiro atoms. The van der Waals surface area contributed by atoms with Crippen LogP contribution in [-0.4, -0.2) is 23.6 Å². The van der Waals surface area contributed by atoms with Gasteiger partial charge >= 0.3 is 11.9 Å². The van der Waals surface area contributed by atoms with E-state index < -0.39 is 11.7 Å². The minimum absolute atomic E-state index is 0.338. The van der Waals surface area contributed by atoms with Gasteiger partial charge in [0.15, 0.2) is 0 Å². The second-order valence-electron chi connectivity index (χ2n) is 6.62. The quantitative estimate of drug-likeness (QED) is 0.627. The maximum Gasteiger partial charge on any atom is 0.308 e. The molecule has 1 heterocycles. The molecule has 0 saturated carbocycles. The van der Waals surface area contributed by atoms with Crippen LogP contribution in [0.5, 0.6) is 11.5 Å². The normalized spacial score (nSPS) is 20.6. The summed E-state index contributed by atoms with van der Waals surface area (Å²) in [5.74, 6) is 0.669. The number of ether oxygens (including phenoxy) is 3. The summed E-state index contributed by atoms with van der Waals surface area (Å²) < 4.78 is 16.9. The summed E-state index contributed by atoms with van der Waals surface area (Å²) in [7, 11) is 0. The van der Waals surface area contributed by atoms with E-state index in [0.717, 1.165) is 34.4 Å². The Hall–Kier alpha value is -2.04. The monoisotopic (exact) mass is 333 g/mol. The van der Waals surface area contributed by atoms with Gasteiger partial charge in [0, 0.05) is 19.4 Å². The van der Waals surface area contributed by atoms with Gasteiger partial charge in [0.05, 0.1) is 0 Å². The summed E-state index contributed by atoms with van der Waals surface area (Å²) in [5, 5.41) is 0. The fourth-order valence-electron chi connectivity index (χ4n) is 3.10. The average molecular weight is 333 g/mol. The van der Waals surface area contributed by atoms with Crippen molar-refractivity contribution in [2.24, 2.45) is 0 Å². The molecule has 2 atom stereocenters. The highest BCUT2D eigenvalue weighted by Crippen LogP contribution is 2.44. The molecule has 1 aliphatic heterocycles. The van der Waals surface area contributed by atoms with Crippen LogP contribution in [0.2, 0.25) is 0 Å². The first-order valence-electron chi connectivity index (χ1n) is 8.07. The fourth-order valence-corrected chi connectivity index (χ4v) is 3.10. The summed E-state index contributed by atoms with van der Waals surface area (Å²) in [6, 6.07) is 0. The lowest BCUT2D eigenvalue weighted by Crippen LogP contribution is -2.48. The molecule has 0 N–H and O–H groups in total. The molecule has 0 bridgehead atoms. The first-order chi connectivity index (χ1) is 11.1. The van der Waals surface area contributed by atoms with Crippen molar-refractivity contribution in [2.45, 2.75) is 66.1 Å². The van der Waals surface area contributed by atoms with Crippen molar-refractivity contribution in [3.05, 3.63) is 29.2 Å². The van der Waals surface area contributed by atoms with Crippen LogP contribution in [-0.2, 0) is 20.7 Å². The van der Waals surface area contributed by atoms with Crippen LogP contribution < -0.4 is 9.47 Å². The highest BCUT2D eigenvalue weighted by Gasteiger charge is 2.41. The number of hydrogen-bond donors (Lipinski definition) is 0. The van der Waals surface area contributed by atoms with E-state index in [2.05, 4.69) is 6.92 Å². The van der Waals surface area contributed by atoms with Crippen LogP contribution >= 0.6 is 0 Å². The molecule has 131 valence electrons. The van der Waals surface area contributed by atoms with Crippen molar-refractivity contribution in [3.8, 4) is 11.5 Å². The molecule has 24 heavy (non-hydrogen) atoms. The highest BCUT2D eigenvalue weighted by molar-refractivity contribution is 5.72. The maximum atomic E-state index is 11.4. The molecule has 5 heteroatoms. The lowest BCUT2D eigenvalue weighted by atomic mass is 9.84. The SMILES string of the molecule is [CH2]C(OC(C)=O)C1(C)CCc2c(C)c(OC(C)=O)c(C)c(C)c2O1. The van der Waals surface area contributed by atoms with Gasteiger partial charge in [-0.05, 0) is 64.2 Å². The Morgan fingerprint density at radius 1 is 1.12 bits per heavy atom. The third-order valence-electron chi connectivity index (χ3n) is 4.75. The van der Waals surface area contributed by atoms with Gasteiger partial charge in [-0.15, -0.1) is 0 Å². The zero-order valence-corrected chi connectivity index (χ0v) is 15.2. The van der Waals surface area contributed by atoms with Gasteiger partial charge in [-0.2, -0.15) is 0 Å². The first kappa shape index (κ1) is 18.3. The van der Waals surface area contributed by atoms with Gasteiger partial charge in [-0.1, -0.05) is 0 Å². The summed E-state index contributed by atoms with van der Waals surface area (Å²) in [6.07, 6.45) is 0.793. The third kappa shape index (κ3) is 3.25. The van der Waals surface area contributed by atoms with E-state index >= 15 is 0 Å². The number of rotatable bonds is 3. The van der Waals surface area contributed by atoms with Gasteiger partial charge < -0.3 is 14.2 Å². The molecule has 2 rings (SSSR count). The molecule has 1 radical (unpaired) electrons.